The molecule has 0 bridgehead atoms. The molecule has 1 aromatic rings. The van der Waals surface area contributed by atoms with Crippen LogP contribution in [0.5, 0.6) is 0 Å². The number of nitriles is 1. The maximum atomic E-state index is 9.09. The van der Waals surface area contributed by atoms with E-state index in [-0.39, 0.29) is 16.5 Å². The van der Waals surface area contributed by atoms with Crippen LogP contribution in [-0.2, 0) is 0 Å². The summed E-state index contributed by atoms with van der Waals surface area (Å²) in [6.45, 7) is 0. The Bertz CT molecular complexity index is 531. The molecule has 1 heterocycles. The number of aliphatic imine (C=N–C) groups is 1. The zero-order valence-electron chi connectivity index (χ0n) is 11.1. The molecule has 0 saturated heterocycles. The Morgan fingerprint density at radius 3 is 2.42 bits per heavy atom. The van der Waals surface area contributed by atoms with Gasteiger partial charge in [0, 0.05) is 28.2 Å². The Morgan fingerprint density at radius 2 is 2.00 bits per heavy atom. The molecule has 1 aromatic heterocycles. The first-order chi connectivity index (χ1) is 8.90. The van der Waals surface area contributed by atoms with Crippen molar-refractivity contribution in [2.24, 2.45) is 10.8 Å². The summed E-state index contributed by atoms with van der Waals surface area (Å²) in [5.74, 6) is 6.22. The SMILES string of the molecule is CN(C)/C(=N\c1nc(N(C)C)nc(Cl)c1C#N)NN. The number of halogens is 1. The lowest BCUT2D eigenvalue weighted by atomic mass is 10.3. The van der Waals surface area contributed by atoms with E-state index in [1.54, 1.807) is 38.0 Å². The highest BCUT2D eigenvalue weighted by Crippen LogP contribution is 2.25. The van der Waals surface area contributed by atoms with Crippen molar-refractivity contribution in [2.75, 3.05) is 33.1 Å². The predicted octanol–water partition coefficient (Wildman–Crippen LogP) is 0.0801. The molecule has 102 valence electrons. The number of rotatable bonds is 2. The van der Waals surface area contributed by atoms with E-state index in [9.17, 15) is 0 Å². The van der Waals surface area contributed by atoms with E-state index in [0.29, 0.717) is 11.9 Å². The van der Waals surface area contributed by atoms with Crippen LogP contribution in [0.15, 0.2) is 4.99 Å². The highest BCUT2D eigenvalue weighted by atomic mass is 35.5. The minimum Gasteiger partial charge on any atom is -0.348 e. The molecule has 0 aliphatic rings. The Hall–Kier alpha value is -2.11. The van der Waals surface area contributed by atoms with Crippen LogP contribution in [0.2, 0.25) is 5.15 Å². The molecule has 0 spiro atoms. The predicted molar refractivity (Wildman–Crippen MR) is 74.2 cm³/mol. The lowest BCUT2D eigenvalue weighted by molar-refractivity contribution is 0.589. The number of nitrogens with one attached hydrogen (secondary N) is 1. The van der Waals surface area contributed by atoms with Crippen LogP contribution in [-0.4, -0.2) is 49.0 Å². The number of hydrogen-bond acceptors (Lipinski definition) is 6. The van der Waals surface area contributed by atoms with Crippen molar-refractivity contribution in [2.45, 2.75) is 0 Å². The third-order valence-electron chi connectivity index (χ3n) is 2.11. The number of anilines is 1. The summed E-state index contributed by atoms with van der Waals surface area (Å²) in [5.41, 5.74) is 2.52. The fraction of sp³-hybridized carbons (Fsp3) is 0.400. The van der Waals surface area contributed by atoms with Crippen molar-refractivity contribution in [1.29, 1.82) is 5.26 Å². The number of aromatic nitrogens is 2. The molecular formula is C10H15ClN8. The lowest BCUT2D eigenvalue weighted by Crippen LogP contribution is -2.40. The van der Waals surface area contributed by atoms with Gasteiger partial charge in [0.1, 0.15) is 11.6 Å². The molecule has 9 heteroatoms. The zero-order chi connectivity index (χ0) is 14.6. The third-order valence-corrected chi connectivity index (χ3v) is 2.38. The first kappa shape index (κ1) is 14.9. The van der Waals surface area contributed by atoms with Crippen molar-refractivity contribution in [1.82, 2.24) is 20.3 Å². The van der Waals surface area contributed by atoms with Crippen LogP contribution < -0.4 is 16.2 Å². The van der Waals surface area contributed by atoms with Crippen molar-refractivity contribution in [3.63, 3.8) is 0 Å². The molecular weight excluding hydrogens is 268 g/mol. The number of nitrogens with zero attached hydrogens (tertiary/aromatic N) is 6. The molecule has 0 aliphatic carbocycles. The molecule has 0 amide bonds. The monoisotopic (exact) mass is 282 g/mol. The van der Waals surface area contributed by atoms with E-state index >= 15 is 0 Å². The van der Waals surface area contributed by atoms with Gasteiger partial charge in [0.25, 0.3) is 0 Å². The largest absolute Gasteiger partial charge is 0.348 e. The zero-order valence-corrected chi connectivity index (χ0v) is 11.9. The van der Waals surface area contributed by atoms with Crippen LogP contribution in [0.25, 0.3) is 0 Å². The molecule has 0 aliphatic heterocycles. The van der Waals surface area contributed by atoms with Crippen LogP contribution >= 0.6 is 11.6 Å². The molecule has 8 nitrogen and oxygen atoms in total. The molecule has 0 aromatic carbocycles. The first-order valence-corrected chi connectivity index (χ1v) is 5.66. The smallest absolute Gasteiger partial charge is 0.228 e. The molecule has 0 radical (unpaired) electrons. The van der Waals surface area contributed by atoms with Gasteiger partial charge in [-0.25, -0.2) is 5.84 Å². The van der Waals surface area contributed by atoms with Gasteiger partial charge in [0.15, 0.2) is 11.0 Å². The van der Waals surface area contributed by atoms with Crippen molar-refractivity contribution in [3.05, 3.63) is 10.7 Å². The maximum Gasteiger partial charge on any atom is 0.228 e. The molecule has 0 saturated carbocycles. The van der Waals surface area contributed by atoms with E-state index in [4.69, 9.17) is 22.7 Å². The fourth-order valence-corrected chi connectivity index (χ4v) is 1.35. The van der Waals surface area contributed by atoms with Crippen LogP contribution in [0.3, 0.4) is 0 Å². The third kappa shape index (κ3) is 3.43. The average Bonchev–Trinajstić information content (AvgIpc) is 2.34. The first-order valence-electron chi connectivity index (χ1n) is 5.28. The lowest BCUT2D eigenvalue weighted by Gasteiger charge is -2.15. The van der Waals surface area contributed by atoms with Gasteiger partial charge in [-0.1, -0.05) is 11.6 Å². The highest BCUT2D eigenvalue weighted by molar-refractivity contribution is 6.31. The summed E-state index contributed by atoms with van der Waals surface area (Å²) >= 11 is 5.95. The van der Waals surface area contributed by atoms with Crippen molar-refractivity contribution in [3.8, 4) is 6.07 Å². The molecule has 19 heavy (non-hydrogen) atoms. The van der Waals surface area contributed by atoms with Gasteiger partial charge in [0.2, 0.25) is 11.9 Å². The summed E-state index contributed by atoms with van der Waals surface area (Å²) < 4.78 is 0. The Balaban J connectivity index is 3.44. The van der Waals surface area contributed by atoms with Gasteiger partial charge in [-0.3, -0.25) is 5.43 Å². The van der Waals surface area contributed by atoms with Crippen molar-refractivity contribution < 1.29 is 0 Å². The average molecular weight is 283 g/mol. The quantitative estimate of drug-likeness (QED) is 0.260. The summed E-state index contributed by atoms with van der Waals surface area (Å²) in [7, 11) is 7.03. The standard InChI is InChI=1S/C10H15ClN8/c1-18(2)9-14-7(11)6(5-12)8(15-9)16-10(17-13)19(3)4/h13H2,1-4H3,(H,14,15,16,17). The summed E-state index contributed by atoms with van der Waals surface area (Å²) in [6, 6.07) is 1.93. The van der Waals surface area contributed by atoms with Gasteiger partial charge in [-0.2, -0.15) is 20.2 Å². The second kappa shape index (κ2) is 6.17. The van der Waals surface area contributed by atoms with E-state index < -0.39 is 0 Å². The molecule has 0 fully saturated rings. The Morgan fingerprint density at radius 1 is 1.37 bits per heavy atom. The van der Waals surface area contributed by atoms with Crippen LogP contribution in [0.4, 0.5) is 11.8 Å². The Kier molecular flexibility index (Phi) is 4.86. The molecule has 0 unspecified atom stereocenters. The second-order valence-corrected chi connectivity index (χ2v) is 4.35. The van der Waals surface area contributed by atoms with Crippen LogP contribution in [0.1, 0.15) is 5.56 Å². The summed E-state index contributed by atoms with van der Waals surface area (Å²) in [4.78, 5) is 15.7. The molecule has 0 atom stereocenters. The minimum atomic E-state index is 0.0510. The number of hydrogen-bond donors (Lipinski definition) is 2. The van der Waals surface area contributed by atoms with E-state index in [1.165, 1.54) is 0 Å². The number of guanidine groups is 1. The maximum absolute atomic E-state index is 9.09. The highest BCUT2D eigenvalue weighted by Gasteiger charge is 2.14. The molecule has 1 rings (SSSR count). The topological polar surface area (TPSA) is 106 Å². The van der Waals surface area contributed by atoms with Gasteiger partial charge in [0.05, 0.1) is 0 Å². The van der Waals surface area contributed by atoms with Gasteiger partial charge < -0.3 is 9.80 Å². The van der Waals surface area contributed by atoms with Gasteiger partial charge in [-0.15, -0.1) is 0 Å². The minimum absolute atomic E-state index is 0.0510. The van der Waals surface area contributed by atoms with E-state index in [1.807, 2.05) is 6.07 Å². The van der Waals surface area contributed by atoms with Gasteiger partial charge >= 0.3 is 0 Å². The van der Waals surface area contributed by atoms with Crippen molar-refractivity contribution >= 4 is 29.3 Å². The molecule has 3 N–H and O–H groups in total. The van der Waals surface area contributed by atoms with Crippen LogP contribution in [0, 0.1) is 11.3 Å². The Labute approximate surface area is 116 Å². The second-order valence-electron chi connectivity index (χ2n) is 3.99. The summed E-state index contributed by atoms with van der Waals surface area (Å²) in [6.07, 6.45) is 0. The normalized spacial score (nSPS) is 10.9. The van der Waals surface area contributed by atoms with Gasteiger partial charge in [-0.05, 0) is 0 Å². The number of nitrogens with two attached hydrogens (primary N) is 1. The summed E-state index contributed by atoms with van der Waals surface area (Å²) in [5, 5.41) is 9.14. The fourth-order valence-electron chi connectivity index (χ4n) is 1.15. The van der Waals surface area contributed by atoms with E-state index in [0.717, 1.165) is 0 Å². The van der Waals surface area contributed by atoms with E-state index in [2.05, 4.69) is 20.4 Å². The number of hydrazine groups is 1.